The van der Waals surface area contributed by atoms with Crippen LogP contribution in [0.1, 0.15) is 24.5 Å². The predicted octanol–water partition coefficient (Wildman–Crippen LogP) is 3.70. The standard InChI is InChI=1S/C16H17F5O5S/c1-10(2)12-7-4-11(5-8-12)6-9-13(22)26-14(15(17,18)19)16(20,21)27(23,24)25-3/h4-5,7-8,14H,1,6,9H2,2-3H3. The molecule has 0 aromatic heterocycles. The molecule has 0 saturated carbocycles. The van der Waals surface area contributed by atoms with E-state index in [1.807, 2.05) is 0 Å². The van der Waals surface area contributed by atoms with Gasteiger partial charge in [-0.1, -0.05) is 36.4 Å². The molecule has 0 aliphatic carbocycles. The average Bonchev–Trinajstić information content (AvgIpc) is 2.56. The van der Waals surface area contributed by atoms with Gasteiger partial charge in [-0.3, -0.25) is 8.98 Å². The van der Waals surface area contributed by atoms with Crippen LogP contribution >= 0.6 is 0 Å². The highest BCUT2D eigenvalue weighted by molar-refractivity contribution is 7.87. The lowest BCUT2D eigenvalue weighted by atomic mass is 10.0. The van der Waals surface area contributed by atoms with E-state index in [0.717, 1.165) is 11.1 Å². The van der Waals surface area contributed by atoms with Crippen molar-refractivity contribution in [2.24, 2.45) is 0 Å². The normalized spacial score (nSPS) is 13.9. The Bertz CT molecular complexity index is 784. The molecule has 152 valence electrons. The number of rotatable bonds is 8. The Labute approximate surface area is 152 Å². The number of hydrogen-bond donors (Lipinski definition) is 0. The first kappa shape index (κ1) is 23.0. The molecule has 1 rings (SSSR count). The summed E-state index contributed by atoms with van der Waals surface area (Å²) in [5.41, 5.74) is 2.12. The van der Waals surface area contributed by atoms with Crippen molar-refractivity contribution < 1.29 is 44.1 Å². The summed E-state index contributed by atoms with van der Waals surface area (Å²) in [5.74, 6) is -1.63. The van der Waals surface area contributed by atoms with Gasteiger partial charge in [-0.2, -0.15) is 30.4 Å². The van der Waals surface area contributed by atoms with Crippen LogP contribution in [0.25, 0.3) is 5.57 Å². The molecule has 11 heteroatoms. The van der Waals surface area contributed by atoms with E-state index in [4.69, 9.17) is 0 Å². The quantitative estimate of drug-likeness (QED) is 0.367. The Balaban J connectivity index is 2.88. The minimum absolute atomic E-state index is 0.0948. The lowest BCUT2D eigenvalue weighted by Crippen LogP contribution is -2.52. The van der Waals surface area contributed by atoms with Crippen molar-refractivity contribution in [2.45, 2.75) is 37.3 Å². The molecular weight excluding hydrogens is 399 g/mol. The fraction of sp³-hybridized carbons (Fsp3) is 0.438. The number of allylic oxidation sites excluding steroid dienone is 1. The first-order chi connectivity index (χ1) is 12.2. The van der Waals surface area contributed by atoms with Gasteiger partial charge >= 0.3 is 27.5 Å². The second-order valence-corrected chi connectivity index (χ2v) is 7.36. The van der Waals surface area contributed by atoms with Crippen LogP contribution in [0.15, 0.2) is 30.8 Å². The van der Waals surface area contributed by atoms with Crippen LogP contribution in [0.3, 0.4) is 0 Å². The fourth-order valence-corrected chi connectivity index (χ4v) is 2.63. The van der Waals surface area contributed by atoms with Gasteiger partial charge < -0.3 is 4.74 Å². The number of esters is 1. The minimum atomic E-state index is -5.94. The van der Waals surface area contributed by atoms with Gasteiger partial charge in [0.15, 0.2) is 0 Å². The van der Waals surface area contributed by atoms with Gasteiger partial charge in [-0.25, -0.2) is 0 Å². The molecule has 0 aliphatic rings. The molecule has 27 heavy (non-hydrogen) atoms. The van der Waals surface area contributed by atoms with E-state index in [1.54, 1.807) is 31.2 Å². The molecule has 0 radical (unpaired) electrons. The molecule has 0 fully saturated rings. The Kier molecular flexibility index (Phi) is 7.11. The number of ether oxygens (including phenoxy) is 1. The zero-order chi connectivity index (χ0) is 21.0. The molecule has 1 atom stereocenters. The van der Waals surface area contributed by atoms with E-state index in [9.17, 15) is 35.2 Å². The average molecular weight is 416 g/mol. The third kappa shape index (κ3) is 5.73. The smallest absolute Gasteiger partial charge is 0.432 e. The molecule has 5 nitrogen and oxygen atoms in total. The Morgan fingerprint density at radius 1 is 1.15 bits per heavy atom. The fourth-order valence-electron chi connectivity index (χ4n) is 1.96. The Morgan fingerprint density at radius 3 is 2.07 bits per heavy atom. The van der Waals surface area contributed by atoms with E-state index in [1.165, 1.54) is 0 Å². The number of benzene rings is 1. The van der Waals surface area contributed by atoms with Crippen molar-refractivity contribution in [3.63, 3.8) is 0 Å². The molecule has 0 amide bonds. The molecule has 0 spiro atoms. The van der Waals surface area contributed by atoms with E-state index in [0.29, 0.717) is 5.56 Å². The van der Waals surface area contributed by atoms with E-state index >= 15 is 0 Å². The summed E-state index contributed by atoms with van der Waals surface area (Å²) in [6, 6.07) is 6.51. The zero-order valence-corrected chi connectivity index (χ0v) is 15.2. The third-order valence-corrected chi connectivity index (χ3v) is 4.79. The van der Waals surface area contributed by atoms with Crippen LogP contribution in [0.5, 0.6) is 0 Å². The third-order valence-electron chi connectivity index (χ3n) is 3.47. The summed E-state index contributed by atoms with van der Waals surface area (Å²) in [4.78, 5) is 11.6. The van der Waals surface area contributed by atoms with E-state index in [-0.39, 0.29) is 13.5 Å². The van der Waals surface area contributed by atoms with Gasteiger partial charge in [-0.05, 0) is 24.5 Å². The highest BCUT2D eigenvalue weighted by atomic mass is 32.2. The van der Waals surface area contributed by atoms with Crippen LogP contribution in [-0.4, -0.2) is 39.0 Å². The maximum Gasteiger partial charge on any atom is 0.432 e. The van der Waals surface area contributed by atoms with Crippen molar-refractivity contribution in [2.75, 3.05) is 7.11 Å². The second-order valence-electron chi connectivity index (χ2n) is 5.57. The number of carbonyl (C=O) groups is 1. The largest absolute Gasteiger partial charge is 0.445 e. The summed E-state index contributed by atoms with van der Waals surface area (Å²) in [6.07, 6.45) is -10.8. The number of alkyl halides is 5. The maximum atomic E-state index is 13.7. The van der Waals surface area contributed by atoms with Gasteiger partial charge in [-0.15, -0.1) is 0 Å². The first-order valence-electron chi connectivity index (χ1n) is 7.41. The van der Waals surface area contributed by atoms with E-state index < -0.39 is 40.0 Å². The molecule has 0 saturated heterocycles. The summed E-state index contributed by atoms with van der Waals surface area (Å²) in [7, 11) is -5.67. The Hall–Kier alpha value is -2.01. The van der Waals surface area contributed by atoms with Crippen molar-refractivity contribution in [3.05, 3.63) is 42.0 Å². The monoisotopic (exact) mass is 416 g/mol. The van der Waals surface area contributed by atoms with Crippen molar-refractivity contribution in [3.8, 4) is 0 Å². The Morgan fingerprint density at radius 2 is 1.67 bits per heavy atom. The molecule has 0 bridgehead atoms. The number of aryl methyl sites for hydroxylation is 1. The molecule has 1 unspecified atom stereocenters. The van der Waals surface area contributed by atoms with E-state index in [2.05, 4.69) is 15.5 Å². The number of carbonyl (C=O) groups excluding carboxylic acids is 1. The minimum Gasteiger partial charge on any atom is -0.445 e. The maximum absolute atomic E-state index is 13.7. The highest BCUT2D eigenvalue weighted by Gasteiger charge is 2.66. The van der Waals surface area contributed by atoms with Crippen molar-refractivity contribution in [1.82, 2.24) is 0 Å². The van der Waals surface area contributed by atoms with Gasteiger partial charge in [0, 0.05) is 6.42 Å². The van der Waals surface area contributed by atoms with Gasteiger partial charge in [0.2, 0.25) is 0 Å². The second kappa shape index (κ2) is 8.34. The highest BCUT2D eigenvalue weighted by Crippen LogP contribution is 2.39. The SMILES string of the molecule is C=C(C)c1ccc(CCC(=O)OC(C(F)(F)F)C(F)(F)S(=O)(=O)OC)cc1. The molecule has 0 aliphatic heterocycles. The van der Waals surface area contributed by atoms with Crippen LogP contribution in [-0.2, 0) is 30.3 Å². The van der Waals surface area contributed by atoms with Crippen LogP contribution in [0.4, 0.5) is 22.0 Å². The lowest BCUT2D eigenvalue weighted by molar-refractivity contribution is -0.259. The van der Waals surface area contributed by atoms with Crippen LogP contribution in [0.2, 0.25) is 0 Å². The van der Waals surface area contributed by atoms with Crippen LogP contribution in [0, 0.1) is 0 Å². The molecular formula is C16H17F5O5S. The molecule has 1 aromatic carbocycles. The zero-order valence-electron chi connectivity index (χ0n) is 14.3. The summed E-state index contributed by atoms with van der Waals surface area (Å²) < 4.78 is 95.3. The van der Waals surface area contributed by atoms with Crippen molar-refractivity contribution in [1.29, 1.82) is 0 Å². The first-order valence-corrected chi connectivity index (χ1v) is 8.82. The summed E-state index contributed by atoms with van der Waals surface area (Å²) in [6.45, 7) is 5.49. The van der Waals surface area contributed by atoms with Crippen LogP contribution < -0.4 is 0 Å². The topological polar surface area (TPSA) is 69.7 Å². The van der Waals surface area contributed by atoms with Gasteiger partial charge in [0.05, 0.1) is 7.11 Å². The van der Waals surface area contributed by atoms with Gasteiger partial charge in [0.1, 0.15) is 0 Å². The predicted molar refractivity (Wildman–Crippen MR) is 86.3 cm³/mol. The molecule has 0 N–H and O–H groups in total. The number of hydrogen-bond acceptors (Lipinski definition) is 5. The van der Waals surface area contributed by atoms with Gasteiger partial charge in [0.25, 0.3) is 6.10 Å². The molecule has 1 aromatic rings. The summed E-state index contributed by atoms with van der Waals surface area (Å²) >= 11 is 0. The lowest BCUT2D eigenvalue weighted by Gasteiger charge is -2.27. The van der Waals surface area contributed by atoms with Crippen molar-refractivity contribution >= 4 is 21.7 Å². The summed E-state index contributed by atoms with van der Waals surface area (Å²) in [5, 5.41) is -5.50. The molecule has 0 heterocycles. The number of halogens is 5.